The standard InChI is InChI=1S/C15H21N3O/c16-14(11-5-2-1-3-6-11)15(19)17-12-8-10-18-9-4-7-13(12)18/h1-3,5-6,12-14H,4,7-10,16H2,(H,17,19)/t12?,13?,14-/m1/s1. The molecule has 2 unspecified atom stereocenters. The lowest BCUT2D eigenvalue weighted by Crippen LogP contribution is -2.45. The Labute approximate surface area is 114 Å². The molecule has 19 heavy (non-hydrogen) atoms. The summed E-state index contributed by atoms with van der Waals surface area (Å²) in [6, 6.07) is 9.82. The van der Waals surface area contributed by atoms with Gasteiger partial charge in [0.25, 0.3) is 0 Å². The predicted octanol–water partition coefficient (Wildman–Crippen LogP) is 1.04. The summed E-state index contributed by atoms with van der Waals surface area (Å²) in [6.45, 7) is 2.29. The van der Waals surface area contributed by atoms with Gasteiger partial charge in [-0.05, 0) is 31.4 Å². The Morgan fingerprint density at radius 3 is 2.84 bits per heavy atom. The molecule has 4 heteroatoms. The summed E-state index contributed by atoms with van der Waals surface area (Å²) in [4.78, 5) is 14.7. The average Bonchev–Trinajstić information content (AvgIpc) is 3.04. The highest BCUT2D eigenvalue weighted by atomic mass is 16.2. The third-order valence-electron chi connectivity index (χ3n) is 4.37. The molecular formula is C15H21N3O. The molecule has 4 nitrogen and oxygen atoms in total. The van der Waals surface area contributed by atoms with Crippen LogP contribution in [-0.4, -0.2) is 36.0 Å². The van der Waals surface area contributed by atoms with E-state index in [0.717, 1.165) is 18.5 Å². The zero-order valence-corrected chi connectivity index (χ0v) is 11.1. The Kier molecular flexibility index (Phi) is 3.53. The summed E-state index contributed by atoms with van der Waals surface area (Å²) in [6.07, 6.45) is 3.51. The van der Waals surface area contributed by atoms with Crippen molar-refractivity contribution in [2.24, 2.45) is 5.73 Å². The molecule has 2 aliphatic heterocycles. The van der Waals surface area contributed by atoms with Gasteiger partial charge in [0.1, 0.15) is 6.04 Å². The maximum atomic E-state index is 12.2. The second-order valence-electron chi connectivity index (χ2n) is 5.54. The van der Waals surface area contributed by atoms with E-state index in [0.29, 0.717) is 6.04 Å². The third kappa shape index (κ3) is 2.51. The van der Waals surface area contributed by atoms with Crippen LogP contribution < -0.4 is 11.1 Å². The number of nitrogens with zero attached hydrogens (tertiary/aromatic N) is 1. The van der Waals surface area contributed by atoms with Gasteiger partial charge in [-0.1, -0.05) is 30.3 Å². The van der Waals surface area contributed by atoms with Crippen molar-refractivity contribution < 1.29 is 4.79 Å². The molecule has 0 radical (unpaired) electrons. The van der Waals surface area contributed by atoms with Gasteiger partial charge in [-0.25, -0.2) is 0 Å². The van der Waals surface area contributed by atoms with Gasteiger partial charge in [0.05, 0.1) is 0 Å². The van der Waals surface area contributed by atoms with E-state index >= 15 is 0 Å². The van der Waals surface area contributed by atoms with Crippen molar-refractivity contribution in [2.45, 2.75) is 37.4 Å². The van der Waals surface area contributed by atoms with E-state index in [-0.39, 0.29) is 11.9 Å². The van der Waals surface area contributed by atoms with Gasteiger partial charge >= 0.3 is 0 Å². The monoisotopic (exact) mass is 259 g/mol. The van der Waals surface area contributed by atoms with Crippen LogP contribution in [0.15, 0.2) is 30.3 Å². The maximum absolute atomic E-state index is 12.2. The number of rotatable bonds is 3. The fourth-order valence-electron chi connectivity index (χ4n) is 3.34. The Hall–Kier alpha value is -1.39. The molecule has 102 valence electrons. The summed E-state index contributed by atoms with van der Waals surface area (Å²) in [5, 5.41) is 3.14. The average molecular weight is 259 g/mol. The van der Waals surface area contributed by atoms with Crippen LogP contribution in [0.3, 0.4) is 0 Å². The summed E-state index contributed by atoms with van der Waals surface area (Å²) < 4.78 is 0. The van der Waals surface area contributed by atoms with Gasteiger partial charge in [0.2, 0.25) is 5.91 Å². The van der Waals surface area contributed by atoms with Gasteiger partial charge < -0.3 is 11.1 Å². The summed E-state index contributed by atoms with van der Waals surface area (Å²) in [5.41, 5.74) is 6.90. The molecular weight excluding hydrogens is 238 g/mol. The zero-order chi connectivity index (χ0) is 13.2. The smallest absolute Gasteiger partial charge is 0.241 e. The minimum Gasteiger partial charge on any atom is -0.350 e. The molecule has 2 aliphatic rings. The van der Waals surface area contributed by atoms with Crippen LogP contribution in [0, 0.1) is 0 Å². The normalized spacial score (nSPS) is 28.1. The highest BCUT2D eigenvalue weighted by molar-refractivity contribution is 5.83. The Balaban J connectivity index is 1.62. The lowest BCUT2D eigenvalue weighted by Gasteiger charge is -2.23. The first-order valence-electron chi connectivity index (χ1n) is 7.10. The van der Waals surface area contributed by atoms with Crippen LogP contribution in [0.2, 0.25) is 0 Å². The molecule has 0 saturated carbocycles. The minimum atomic E-state index is -0.559. The van der Waals surface area contributed by atoms with Crippen molar-refractivity contribution in [1.29, 1.82) is 0 Å². The van der Waals surface area contributed by atoms with Crippen LogP contribution in [0.4, 0.5) is 0 Å². The number of fused-ring (bicyclic) bond motifs is 1. The van der Waals surface area contributed by atoms with Gasteiger partial charge in [0, 0.05) is 18.6 Å². The fraction of sp³-hybridized carbons (Fsp3) is 0.533. The molecule has 0 aliphatic carbocycles. The topological polar surface area (TPSA) is 58.4 Å². The maximum Gasteiger partial charge on any atom is 0.241 e. The number of carbonyl (C=O) groups excluding carboxylic acids is 1. The number of carbonyl (C=O) groups is 1. The molecule has 2 saturated heterocycles. The quantitative estimate of drug-likeness (QED) is 0.852. The Morgan fingerprint density at radius 1 is 1.26 bits per heavy atom. The molecule has 3 atom stereocenters. The second-order valence-corrected chi connectivity index (χ2v) is 5.54. The highest BCUT2D eigenvalue weighted by Gasteiger charge is 2.38. The number of nitrogens with two attached hydrogens (primary N) is 1. The van der Waals surface area contributed by atoms with Crippen molar-refractivity contribution in [3.63, 3.8) is 0 Å². The van der Waals surface area contributed by atoms with E-state index < -0.39 is 6.04 Å². The van der Waals surface area contributed by atoms with Gasteiger partial charge in [-0.2, -0.15) is 0 Å². The Bertz CT molecular complexity index is 448. The van der Waals surface area contributed by atoms with Gasteiger partial charge in [0.15, 0.2) is 0 Å². The number of benzene rings is 1. The molecule has 0 aromatic heterocycles. The van der Waals surface area contributed by atoms with E-state index in [9.17, 15) is 4.79 Å². The van der Waals surface area contributed by atoms with Crippen LogP contribution in [0.5, 0.6) is 0 Å². The van der Waals surface area contributed by atoms with E-state index in [1.165, 1.54) is 19.4 Å². The lowest BCUT2D eigenvalue weighted by molar-refractivity contribution is -0.123. The largest absolute Gasteiger partial charge is 0.350 e. The second kappa shape index (κ2) is 5.31. The SMILES string of the molecule is N[C@@H](C(=O)NC1CCN2CCCC12)c1ccccc1. The molecule has 2 heterocycles. The van der Waals surface area contributed by atoms with Crippen molar-refractivity contribution in [3.05, 3.63) is 35.9 Å². The zero-order valence-electron chi connectivity index (χ0n) is 11.1. The van der Waals surface area contributed by atoms with Gasteiger partial charge in [-0.3, -0.25) is 9.69 Å². The van der Waals surface area contributed by atoms with Crippen LogP contribution in [0.25, 0.3) is 0 Å². The molecule has 1 aromatic rings. The van der Waals surface area contributed by atoms with E-state index in [4.69, 9.17) is 5.73 Å². The molecule has 0 bridgehead atoms. The molecule has 2 fully saturated rings. The lowest BCUT2D eigenvalue weighted by atomic mass is 10.0. The number of nitrogens with one attached hydrogen (secondary N) is 1. The predicted molar refractivity (Wildman–Crippen MR) is 74.5 cm³/mol. The number of hydrogen-bond donors (Lipinski definition) is 2. The van der Waals surface area contributed by atoms with Crippen molar-refractivity contribution in [2.75, 3.05) is 13.1 Å². The molecule has 3 N–H and O–H groups in total. The summed E-state index contributed by atoms with van der Waals surface area (Å²) in [7, 11) is 0. The van der Waals surface area contributed by atoms with Crippen molar-refractivity contribution in [1.82, 2.24) is 10.2 Å². The summed E-state index contributed by atoms with van der Waals surface area (Å²) in [5.74, 6) is -0.0510. The van der Waals surface area contributed by atoms with Crippen LogP contribution >= 0.6 is 0 Å². The van der Waals surface area contributed by atoms with E-state index in [1.54, 1.807) is 0 Å². The first-order chi connectivity index (χ1) is 9.25. The van der Waals surface area contributed by atoms with Crippen LogP contribution in [0.1, 0.15) is 30.9 Å². The first kappa shape index (κ1) is 12.6. The molecule has 1 aromatic carbocycles. The van der Waals surface area contributed by atoms with Crippen LogP contribution in [-0.2, 0) is 4.79 Å². The Morgan fingerprint density at radius 2 is 2.05 bits per heavy atom. The fourth-order valence-corrected chi connectivity index (χ4v) is 3.34. The highest BCUT2D eigenvalue weighted by Crippen LogP contribution is 2.28. The van der Waals surface area contributed by atoms with Crippen molar-refractivity contribution >= 4 is 5.91 Å². The molecule has 1 amide bonds. The summed E-state index contributed by atoms with van der Waals surface area (Å²) >= 11 is 0. The third-order valence-corrected chi connectivity index (χ3v) is 4.37. The van der Waals surface area contributed by atoms with E-state index in [1.807, 2.05) is 30.3 Å². The number of amides is 1. The van der Waals surface area contributed by atoms with Crippen molar-refractivity contribution in [3.8, 4) is 0 Å². The molecule has 0 spiro atoms. The molecule has 3 rings (SSSR count). The number of hydrogen-bond acceptors (Lipinski definition) is 3. The minimum absolute atomic E-state index is 0.0510. The first-order valence-corrected chi connectivity index (χ1v) is 7.10. The van der Waals surface area contributed by atoms with Gasteiger partial charge in [-0.15, -0.1) is 0 Å². The van der Waals surface area contributed by atoms with E-state index in [2.05, 4.69) is 10.2 Å².